The highest BCUT2D eigenvalue weighted by Crippen LogP contribution is 2.30. The molecule has 0 aliphatic carbocycles. The van der Waals surface area contributed by atoms with Crippen LogP contribution in [0.4, 0.5) is 0 Å². The van der Waals surface area contributed by atoms with E-state index in [2.05, 4.69) is 32.8 Å². The van der Waals surface area contributed by atoms with Gasteiger partial charge in [0.15, 0.2) is 5.65 Å². The predicted molar refractivity (Wildman–Crippen MR) is 112 cm³/mol. The Bertz CT molecular complexity index is 978. The zero-order valence-electron chi connectivity index (χ0n) is 17.7. The lowest BCUT2D eigenvalue weighted by Crippen LogP contribution is -2.32. The van der Waals surface area contributed by atoms with Gasteiger partial charge in [-0.25, -0.2) is 9.67 Å². The first-order chi connectivity index (χ1) is 13.4. The number of carbonyl (C=O) groups is 1. The fourth-order valence-electron chi connectivity index (χ4n) is 3.62. The van der Waals surface area contributed by atoms with E-state index in [1.54, 1.807) is 6.20 Å². The average molecular weight is 383 g/mol. The molecule has 0 N–H and O–H groups in total. The van der Waals surface area contributed by atoms with E-state index < -0.39 is 0 Å². The van der Waals surface area contributed by atoms with Crippen molar-refractivity contribution in [1.29, 1.82) is 0 Å². The maximum Gasteiger partial charge on any atom is 0.254 e. The van der Waals surface area contributed by atoms with Gasteiger partial charge in [0.05, 0.1) is 22.8 Å². The summed E-state index contributed by atoms with van der Waals surface area (Å²) in [4.78, 5) is 20.2. The molecule has 150 valence electrons. The fourth-order valence-corrected chi connectivity index (χ4v) is 3.62. The van der Waals surface area contributed by atoms with E-state index in [1.165, 1.54) is 0 Å². The Morgan fingerprint density at radius 2 is 1.86 bits per heavy atom. The molecular weight excluding hydrogens is 352 g/mol. The average Bonchev–Trinajstić information content (AvgIpc) is 3.22. The topological polar surface area (TPSA) is 64.2 Å². The van der Waals surface area contributed by atoms with Gasteiger partial charge >= 0.3 is 0 Å². The largest absolute Gasteiger partial charge is 0.466 e. The van der Waals surface area contributed by atoms with Crippen LogP contribution >= 0.6 is 0 Å². The molecule has 0 saturated carbocycles. The van der Waals surface area contributed by atoms with Crippen molar-refractivity contribution < 1.29 is 9.21 Å². The van der Waals surface area contributed by atoms with E-state index in [1.807, 2.05) is 35.6 Å². The Hall–Kier alpha value is -2.63. The van der Waals surface area contributed by atoms with Gasteiger partial charge in [-0.1, -0.05) is 13.8 Å². The minimum Gasteiger partial charge on any atom is -0.466 e. The molecule has 0 bridgehead atoms. The molecule has 0 spiro atoms. The Morgan fingerprint density at radius 1 is 1.18 bits per heavy atom. The molecule has 6 nitrogen and oxygen atoms in total. The summed E-state index contributed by atoms with van der Waals surface area (Å²) in [6.45, 7) is 13.7. The van der Waals surface area contributed by atoms with Gasteiger partial charge in [-0.3, -0.25) is 4.79 Å². The Morgan fingerprint density at radius 3 is 2.39 bits per heavy atom. The molecule has 0 aromatic carbocycles. The van der Waals surface area contributed by atoms with Crippen molar-refractivity contribution in [2.24, 2.45) is 0 Å². The smallest absolute Gasteiger partial charge is 0.254 e. The van der Waals surface area contributed by atoms with Crippen molar-refractivity contribution in [2.45, 2.75) is 60.4 Å². The minimum atomic E-state index is 0.0403. The van der Waals surface area contributed by atoms with Crippen LogP contribution in [0.25, 0.3) is 22.3 Å². The number of aromatic nitrogens is 3. The van der Waals surface area contributed by atoms with Crippen LogP contribution in [0.1, 0.15) is 68.5 Å². The van der Waals surface area contributed by atoms with E-state index in [0.29, 0.717) is 5.56 Å². The summed E-state index contributed by atoms with van der Waals surface area (Å²) in [6, 6.07) is 4.02. The fraction of sp³-hybridized carbons (Fsp3) is 0.500. The molecule has 1 amide bonds. The van der Waals surface area contributed by atoms with Crippen molar-refractivity contribution in [3.05, 3.63) is 35.4 Å². The number of aryl methyl sites for hydroxylation is 2. The van der Waals surface area contributed by atoms with Gasteiger partial charge in [0.1, 0.15) is 11.5 Å². The van der Waals surface area contributed by atoms with Gasteiger partial charge in [0, 0.05) is 24.7 Å². The number of pyridine rings is 1. The van der Waals surface area contributed by atoms with Gasteiger partial charge in [0.25, 0.3) is 5.91 Å². The molecule has 0 fully saturated rings. The maximum absolute atomic E-state index is 13.4. The number of nitrogens with zero attached hydrogens (tertiary/aromatic N) is 4. The van der Waals surface area contributed by atoms with Gasteiger partial charge < -0.3 is 9.32 Å². The number of rotatable bonds is 7. The lowest BCUT2D eigenvalue weighted by molar-refractivity contribution is 0.0757. The highest BCUT2D eigenvalue weighted by molar-refractivity contribution is 6.06. The first-order valence-corrected chi connectivity index (χ1v) is 10.1. The van der Waals surface area contributed by atoms with Gasteiger partial charge in [-0.15, -0.1) is 0 Å². The number of amides is 1. The minimum absolute atomic E-state index is 0.0403. The lowest BCUT2D eigenvalue weighted by atomic mass is 10.1. The highest BCUT2D eigenvalue weighted by atomic mass is 16.3. The summed E-state index contributed by atoms with van der Waals surface area (Å²) in [5.41, 5.74) is 3.07. The molecular formula is C22H30N4O2. The second-order valence-corrected chi connectivity index (χ2v) is 7.59. The van der Waals surface area contributed by atoms with E-state index in [-0.39, 0.29) is 11.9 Å². The van der Waals surface area contributed by atoms with Crippen molar-refractivity contribution in [3.63, 3.8) is 0 Å². The third-order valence-corrected chi connectivity index (χ3v) is 4.88. The summed E-state index contributed by atoms with van der Waals surface area (Å²) >= 11 is 0. The number of carbonyl (C=O) groups excluding carboxylic acids is 1. The van der Waals surface area contributed by atoms with E-state index >= 15 is 0 Å². The molecule has 0 saturated heterocycles. The van der Waals surface area contributed by atoms with Crippen molar-refractivity contribution >= 4 is 16.9 Å². The van der Waals surface area contributed by atoms with Crippen LogP contribution in [-0.2, 0) is 0 Å². The molecule has 3 aromatic heterocycles. The van der Waals surface area contributed by atoms with Crippen LogP contribution in [0, 0.1) is 13.8 Å². The van der Waals surface area contributed by atoms with Crippen molar-refractivity contribution in [3.8, 4) is 11.3 Å². The second kappa shape index (κ2) is 8.17. The standard InChI is InChI=1S/C22H30N4O2/c1-7-9-25(10-8-2)22(27)18-12-20(17-11-15(5)28-16(17)6)24-21-19(18)13-23-26(21)14(3)4/h11-14H,7-10H2,1-6H3. The van der Waals surface area contributed by atoms with Gasteiger partial charge in [-0.2, -0.15) is 5.10 Å². The SMILES string of the molecule is CCCN(CCC)C(=O)c1cc(-c2cc(C)oc2C)nc2c1cnn2C(C)C. The Labute approximate surface area is 166 Å². The van der Waals surface area contributed by atoms with Crippen LogP contribution < -0.4 is 0 Å². The van der Waals surface area contributed by atoms with Crippen LogP contribution in [0.3, 0.4) is 0 Å². The van der Waals surface area contributed by atoms with Gasteiger partial charge in [0.2, 0.25) is 0 Å². The number of fused-ring (bicyclic) bond motifs is 1. The van der Waals surface area contributed by atoms with Crippen LogP contribution in [0.2, 0.25) is 0 Å². The van der Waals surface area contributed by atoms with Crippen LogP contribution in [0.15, 0.2) is 22.7 Å². The van der Waals surface area contributed by atoms with Gasteiger partial charge in [-0.05, 0) is 52.7 Å². The summed E-state index contributed by atoms with van der Waals surface area (Å²) in [5.74, 6) is 1.68. The summed E-state index contributed by atoms with van der Waals surface area (Å²) in [6.07, 6.45) is 3.62. The maximum atomic E-state index is 13.4. The Kier molecular flexibility index (Phi) is 5.87. The zero-order valence-corrected chi connectivity index (χ0v) is 17.7. The first-order valence-electron chi connectivity index (χ1n) is 10.1. The van der Waals surface area contributed by atoms with Crippen LogP contribution in [-0.4, -0.2) is 38.7 Å². The summed E-state index contributed by atoms with van der Waals surface area (Å²) in [5, 5.41) is 5.31. The molecule has 0 radical (unpaired) electrons. The molecule has 3 rings (SSSR count). The van der Waals surface area contributed by atoms with Crippen molar-refractivity contribution in [1.82, 2.24) is 19.7 Å². The third-order valence-electron chi connectivity index (χ3n) is 4.88. The van der Waals surface area contributed by atoms with E-state index in [9.17, 15) is 4.79 Å². The Balaban J connectivity index is 2.23. The molecule has 6 heteroatoms. The summed E-state index contributed by atoms with van der Waals surface area (Å²) in [7, 11) is 0. The second-order valence-electron chi connectivity index (χ2n) is 7.59. The molecule has 3 aromatic rings. The molecule has 28 heavy (non-hydrogen) atoms. The normalized spacial score (nSPS) is 11.5. The predicted octanol–water partition coefficient (Wildman–Crippen LogP) is 5.15. The van der Waals surface area contributed by atoms with Crippen LogP contribution in [0.5, 0.6) is 0 Å². The zero-order chi connectivity index (χ0) is 20.4. The number of furan rings is 1. The highest BCUT2D eigenvalue weighted by Gasteiger charge is 2.23. The number of hydrogen-bond acceptors (Lipinski definition) is 4. The van der Waals surface area contributed by atoms with E-state index in [0.717, 1.165) is 59.7 Å². The molecule has 0 atom stereocenters. The quantitative estimate of drug-likeness (QED) is 0.567. The molecule has 0 unspecified atom stereocenters. The molecule has 3 heterocycles. The third kappa shape index (κ3) is 3.68. The lowest BCUT2D eigenvalue weighted by Gasteiger charge is -2.22. The monoisotopic (exact) mass is 382 g/mol. The van der Waals surface area contributed by atoms with E-state index in [4.69, 9.17) is 9.40 Å². The number of hydrogen-bond donors (Lipinski definition) is 0. The summed E-state index contributed by atoms with van der Waals surface area (Å²) < 4.78 is 7.58. The first kappa shape index (κ1) is 20.1. The molecule has 0 aliphatic heterocycles. The molecule has 0 aliphatic rings. The van der Waals surface area contributed by atoms with Crippen molar-refractivity contribution in [2.75, 3.05) is 13.1 Å².